The van der Waals surface area contributed by atoms with Crippen molar-refractivity contribution in [3.63, 3.8) is 0 Å². The molecule has 0 aliphatic carbocycles. The van der Waals surface area contributed by atoms with E-state index in [1.54, 1.807) is 4.90 Å². The van der Waals surface area contributed by atoms with Gasteiger partial charge in [0.1, 0.15) is 0 Å². The molecule has 0 saturated heterocycles. The fourth-order valence-corrected chi connectivity index (χ4v) is 3.41. The van der Waals surface area contributed by atoms with Crippen molar-refractivity contribution in [2.75, 3.05) is 16.8 Å². The summed E-state index contributed by atoms with van der Waals surface area (Å²) in [5.41, 5.74) is 3.98. The van der Waals surface area contributed by atoms with E-state index >= 15 is 0 Å². The van der Waals surface area contributed by atoms with E-state index < -0.39 is 0 Å². The SMILES string of the molecule is CCc1ccc(NC(=O)N(CC)c2nc(-c3ccccc3)cs2)cc1. The Labute approximate surface area is 152 Å². The van der Waals surface area contributed by atoms with Gasteiger partial charge in [0.2, 0.25) is 0 Å². The van der Waals surface area contributed by atoms with Crippen molar-refractivity contribution in [1.82, 2.24) is 4.98 Å². The molecule has 2 amide bonds. The summed E-state index contributed by atoms with van der Waals surface area (Å²) in [7, 11) is 0. The van der Waals surface area contributed by atoms with Crippen LogP contribution in [0.3, 0.4) is 0 Å². The number of nitrogens with one attached hydrogen (secondary N) is 1. The minimum atomic E-state index is -0.166. The molecule has 3 aromatic rings. The van der Waals surface area contributed by atoms with Gasteiger partial charge in [-0.15, -0.1) is 11.3 Å². The first kappa shape index (κ1) is 17.2. The van der Waals surface area contributed by atoms with Gasteiger partial charge in [0, 0.05) is 23.2 Å². The highest BCUT2D eigenvalue weighted by Gasteiger charge is 2.18. The van der Waals surface area contributed by atoms with Crippen LogP contribution in [0.4, 0.5) is 15.6 Å². The summed E-state index contributed by atoms with van der Waals surface area (Å²) in [5, 5.41) is 5.63. The van der Waals surface area contributed by atoms with Crippen molar-refractivity contribution in [3.05, 3.63) is 65.5 Å². The fraction of sp³-hybridized carbons (Fsp3) is 0.200. The minimum Gasteiger partial charge on any atom is -0.307 e. The lowest BCUT2D eigenvalue weighted by Crippen LogP contribution is -2.34. The maximum Gasteiger partial charge on any atom is 0.328 e. The topological polar surface area (TPSA) is 45.2 Å². The van der Waals surface area contributed by atoms with E-state index in [1.807, 2.05) is 66.9 Å². The zero-order chi connectivity index (χ0) is 17.6. The van der Waals surface area contributed by atoms with Crippen LogP contribution in [0.15, 0.2) is 60.0 Å². The Kier molecular flexibility index (Phi) is 5.46. The molecule has 0 aliphatic rings. The van der Waals surface area contributed by atoms with Crippen LogP contribution in [0.25, 0.3) is 11.3 Å². The van der Waals surface area contributed by atoms with Gasteiger partial charge >= 0.3 is 6.03 Å². The molecule has 1 N–H and O–H groups in total. The highest BCUT2D eigenvalue weighted by Crippen LogP contribution is 2.27. The number of thiazole rings is 1. The number of carbonyl (C=O) groups excluding carboxylic acids is 1. The van der Waals surface area contributed by atoms with E-state index in [9.17, 15) is 4.79 Å². The number of rotatable bonds is 5. The van der Waals surface area contributed by atoms with Gasteiger partial charge in [-0.05, 0) is 31.0 Å². The van der Waals surface area contributed by atoms with Crippen LogP contribution in [0.1, 0.15) is 19.4 Å². The average molecular weight is 351 g/mol. The number of anilines is 2. The van der Waals surface area contributed by atoms with E-state index in [-0.39, 0.29) is 6.03 Å². The van der Waals surface area contributed by atoms with Crippen molar-refractivity contribution in [2.45, 2.75) is 20.3 Å². The second kappa shape index (κ2) is 7.94. The number of hydrogen-bond donors (Lipinski definition) is 1. The maximum atomic E-state index is 12.6. The van der Waals surface area contributed by atoms with E-state index in [4.69, 9.17) is 0 Å². The molecule has 0 saturated carbocycles. The Morgan fingerprint density at radius 1 is 1.08 bits per heavy atom. The van der Waals surface area contributed by atoms with Gasteiger partial charge in [0.25, 0.3) is 0 Å². The second-order valence-corrected chi connectivity index (χ2v) is 6.44. The molecule has 1 aromatic heterocycles. The van der Waals surface area contributed by atoms with Crippen LogP contribution in [0, 0.1) is 0 Å². The van der Waals surface area contributed by atoms with Crippen molar-refractivity contribution < 1.29 is 4.79 Å². The highest BCUT2D eigenvalue weighted by atomic mass is 32.1. The molecule has 3 rings (SSSR count). The fourth-order valence-electron chi connectivity index (χ4n) is 2.51. The summed E-state index contributed by atoms with van der Waals surface area (Å²) < 4.78 is 0. The van der Waals surface area contributed by atoms with Crippen LogP contribution in [-0.4, -0.2) is 17.6 Å². The predicted molar refractivity (Wildman–Crippen MR) is 105 cm³/mol. The van der Waals surface area contributed by atoms with Crippen molar-refractivity contribution in [3.8, 4) is 11.3 Å². The average Bonchev–Trinajstić information content (AvgIpc) is 3.13. The Morgan fingerprint density at radius 3 is 2.44 bits per heavy atom. The van der Waals surface area contributed by atoms with Crippen molar-refractivity contribution >= 4 is 28.2 Å². The van der Waals surface area contributed by atoms with Gasteiger partial charge in [-0.25, -0.2) is 9.78 Å². The molecule has 128 valence electrons. The number of aromatic nitrogens is 1. The van der Waals surface area contributed by atoms with Gasteiger partial charge < -0.3 is 5.32 Å². The third kappa shape index (κ3) is 4.06. The third-order valence-electron chi connectivity index (χ3n) is 3.97. The molecule has 0 bridgehead atoms. The predicted octanol–water partition coefficient (Wildman–Crippen LogP) is 5.43. The Morgan fingerprint density at radius 2 is 1.80 bits per heavy atom. The summed E-state index contributed by atoms with van der Waals surface area (Å²) in [6.07, 6.45) is 0.983. The Balaban J connectivity index is 1.75. The summed E-state index contributed by atoms with van der Waals surface area (Å²) in [5.74, 6) is 0. The van der Waals surface area contributed by atoms with Gasteiger partial charge in [-0.1, -0.05) is 49.4 Å². The lowest BCUT2D eigenvalue weighted by Gasteiger charge is -2.18. The van der Waals surface area contributed by atoms with E-state index in [0.29, 0.717) is 11.7 Å². The smallest absolute Gasteiger partial charge is 0.307 e. The molecule has 0 fully saturated rings. The van der Waals surface area contributed by atoms with Crippen molar-refractivity contribution in [1.29, 1.82) is 0 Å². The van der Waals surface area contributed by atoms with Crippen LogP contribution >= 0.6 is 11.3 Å². The third-order valence-corrected chi connectivity index (χ3v) is 4.83. The van der Waals surface area contributed by atoms with E-state index in [1.165, 1.54) is 16.9 Å². The lowest BCUT2D eigenvalue weighted by atomic mass is 10.1. The van der Waals surface area contributed by atoms with E-state index in [0.717, 1.165) is 23.4 Å². The Hall–Kier alpha value is -2.66. The number of urea groups is 1. The molecule has 4 nitrogen and oxygen atoms in total. The quantitative estimate of drug-likeness (QED) is 0.666. The molecular formula is C20H21N3OS. The second-order valence-electron chi connectivity index (χ2n) is 5.61. The van der Waals surface area contributed by atoms with Crippen LogP contribution < -0.4 is 10.2 Å². The molecule has 5 heteroatoms. The largest absolute Gasteiger partial charge is 0.328 e. The molecule has 0 spiro atoms. The number of hydrogen-bond acceptors (Lipinski definition) is 3. The number of aryl methyl sites for hydroxylation is 1. The van der Waals surface area contributed by atoms with Crippen LogP contribution in [0.5, 0.6) is 0 Å². The highest BCUT2D eigenvalue weighted by molar-refractivity contribution is 7.14. The summed E-state index contributed by atoms with van der Waals surface area (Å²) in [6.45, 7) is 4.61. The first-order valence-electron chi connectivity index (χ1n) is 8.39. The molecular weight excluding hydrogens is 330 g/mol. The molecule has 0 radical (unpaired) electrons. The van der Waals surface area contributed by atoms with Crippen molar-refractivity contribution in [2.24, 2.45) is 0 Å². The first-order chi connectivity index (χ1) is 12.2. The normalized spacial score (nSPS) is 10.5. The summed E-state index contributed by atoms with van der Waals surface area (Å²) >= 11 is 1.48. The molecule has 25 heavy (non-hydrogen) atoms. The molecule has 0 aliphatic heterocycles. The van der Waals surface area contributed by atoms with Gasteiger partial charge in [-0.3, -0.25) is 4.90 Å². The zero-order valence-electron chi connectivity index (χ0n) is 14.4. The molecule has 0 unspecified atom stereocenters. The minimum absolute atomic E-state index is 0.166. The van der Waals surface area contributed by atoms with Crippen LogP contribution in [0.2, 0.25) is 0 Å². The van der Waals surface area contributed by atoms with E-state index in [2.05, 4.69) is 17.2 Å². The number of nitrogens with zero attached hydrogens (tertiary/aromatic N) is 2. The number of benzene rings is 2. The maximum absolute atomic E-state index is 12.6. The first-order valence-corrected chi connectivity index (χ1v) is 9.27. The van der Waals surface area contributed by atoms with Crippen LogP contribution in [-0.2, 0) is 6.42 Å². The molecule has 1 heterocycles. The Bertz CT molecular complexity index is 828. The number of carbonyl (C=O) groups is 1. The summed E-state index contributed by atoms with van der Waals surface area (Å²) in [4.78, 5) is 18.9. The standard InChI is InChI=1S/C20H21N3OS/c1-3-15-10-12-17(13-11-15)21-19(24)23(4-2)20-22-18(14-25-20)16-8-6-5-7-9-16/h5-14H,3-4H2,1-2H3,(H,21,24). The zero-order valence-corrected chi connectivity index (χ0v) is 15.2. The van der Waals surface area contributed by atoms with Gasteiger partial charge in [0.15, 0.2) is 5.13 Å². The van der Waals surface area contributed by atoms with Gasteiger partial charge in [0.05, 0.1) is 5.69 Å². The summed E-state index contributed by atoms with van der Waals surface area (Å²) in [6, 6.07) is 17.7. The molecule has 2 aromatic carbocycles. The lowest BCUT2D eigenvalue weighted by molar-refractivity contribution is 0.257. The number of amides is 2. The van der Waals surface area contributed by atoms with Gasteiger partial charge in [-0.2, -0.15) is 0 Å². The molecule has 0 atom stereocenters. The monoisotopic (exact) mass is 351 g/mol.